The average Bonchev–Trinajstić information content (AvgIpc) is 3.19. The molecule has 0 aromatic heterocycles. The van der Waals surface area contributed by atoms with Crippen molar-refractivity contribution >= 4 is 5.91 Å². The topological polar surface area (TPSA) is 53.0 Å². The van der Waals surface area contributed by atoms with Gasteiger partial charge in [-0.25, -0.2) is 0 Å². The molecule has 2 aliphatic rings. The summed E-state index contributed by atoms with van der Waals surface area (Å²) in [5.41, 5.74) is 1.37. The maximum atomic E-state index is 13.0. The Labute approximate surface area is 137 Å². The summed E-state index contributed by atoms with van der Waals surface area (Å²) in [6.07, 6.45) is 3.43. The van der Waals surface area contributed by atoms with Gasteiger partial charge in [-0.1, -0.05) is 11.6 Å². The Morgan fingerprint density at radius 1 is 1.35 bits per heavy atom. The molecule has 5 heteroatoms. The molecule has 0 radical (unpaired) electrons. The molecule has 2 atom stereocenters. The number of amides is 1. The van der Waals surface area contributed by atoms with Crippen molar-refractivity contribution in [1.82, 2.24) is 9.80 Å². The first-order valence-corrected chi connectivity index (χ1v) is 8.44. The lowest BCUT2D eigenvalue weighted by Crippen LogP contribution is -2.42. The molecule has 126 valence electrons. The fourth-order valence-electron chi connectivity index (χ4n) is 3.71. The van der Waals surface area contributed by atoms with Crippen LogP contribution >= 0.6 is 0 Å². The number of methoxy groups -OCH3 is 1. The van der Waals surface area contributed by atoms with Crippen molar-refractivity contribution < 1.29 is 14.6 Å². The van der Waals surface area contributed by atoms with E-state index in [2.05, 4.69) is 4.90 Å². The second-order valence-corrected chi connectivity index (χ2v) is 6.73. The molecule has 1 N–H and O–H groups in total. The highest BCUT2D eigenvalue weighted by molar-refractivity contribution is 5.97. The van der Waals surface area contributed by atoms with Gasteiger partial charge >= 0.3 is 0 Å². The number of aromatic hydroxyl groups is 1. The van der Waals surface area contributed by atoms with E-state index in [1.807, 2.05) is 17.9 Å². The number of hydrogen-bond donors (Lipinski definition) is 1. The summed E-state index contributed by atoms with van der Waals surface area (Å²) >= 11 is 0. The molecule has 2 fully saturated rings. The second-order valence-electron chi connectivity index (χ2n) is 6.73. The average molecular weight is 318 g/mol. The number of phenols is 1. The first-order valence-electron chi connectivity index (χ1n) is 8.44. The van der Waals surface area contributed by atoms with Crippen LogP contribution in [0.2, 0.25) is 0 Å². The maximum Gasteiger partial charge on any atom is 0.258 e. The lowest BCUT2D eigenvalue weighted by molar-refractivity contribution is 0.0667. The molecular formula is C18H26N2O3. The van der Waals surface area contributed by atoms with Gasteiger partial charge in [0.1, 0.15) is 5.75 Å². The molecule has 0 aliphatic carbocycles. The molecule has 2 heterocycles. The van der Waals surface area contributed by atoms with Crippen LogP contribution in [0, 0.1) is 6.92 Å². The van der Waals surface area contributed by atoms with Crippen molar-refractivity contribution in [2.75, 3.05) is 33.3 Å². The molecule has 1 amide bonds. The van der Waals surface area contributed by atoms with E-state index >= 15 is 0 Å². The lowest BCUT2D eigenvalue weighted by atomic mass is 10.1. The van der Waals surface area contributed by atoms with Gasteiger partial charge in [0.2, 0.25) is 0 Å². The minimum Gasteiger partial charge on any atom is -0.507 e. The smallest absolute Gasteiger partial charge is 0.258 e. The fourth-order valence-corrected chi connectivity index (χ4v) is 3.71. The van der Waals surface area contributed by atoms with E-state index in [9.17, 15) is 9.90 Å². The third kappa shape index (κ3) is 3.51. The van der Waals surface area contributed by atoms with Gasteiger partial charge in [-0.3, -0.25) is 4.79 Å². The van der Waals surface area contributed by atoms with E-state index in [4.69, 9.17) is 4.74 Å². The molecule has 0 unspecified atom stereocenters. The molecule has 1 aromatic carbocycles. The minimum atomic E-state index is -0.0880. The SMILES string of the molecule is CO[C@H]1C[C@@H](CN2CCCC2)N(C(=O)c2cc(C)ccc2O)C1. The quantitative estimate of drug-likeness (QED) is 0.923. The lowest BCUT2D eigenvalue weighted by Gasteiger charge is -2.28. The van der Waals surface area contributed by atoms with Crippen LogP contribution in [0.15, 0.2) is 18.2 Å². The van der Waals surface area contributed by atoms with Crippen LogP contribution < -0.4 is 0 Å². The van der Waals surface area contributed by atoms with E-state index in [1.54, 1.807) is 19.2 Å². The standard InChI is InChI=1S/C18H26N2O3/c1-13-5-6-17(21)16(9-13)18(22)20-12-15(23-2)10-14(20)11-19-7-3-4-8-19/h5-6,9,14-15,21H,3-4,7-8,10-12H2,1-2H3/t14-,15-/m0/s1. The maximum absolute atomic E-state index is 13.0. The third-order valence-electron chi connectivity index (χ3n) is 5.02. The van der Waals surface area contributed by atoms with Gasteiger partial charge in [0, 0.05) is 26.2 Å². The van der Waals surface area contributed by atoms with Gasteiger partial charge in [-0.15, -0.1) is 0 Å². The van der Waals surface area contributed by atoms with Crippen LogP contribution in [-0.2, 0) is 4.74 Å². The van der Waals surface area contributed by atoms with Crippen molar-refractivity contribution in [2.24, 2.45) is 0 Å². The highest BCUT2D eigenvalue weighted by Gasteiger charge is 2.37. The van der Waals surface area contributed by atoms with Crippen LogP contribution in [0.1, 0.15) is 35.2 Å². The zero-order valence-corrected chi connectivity index (χ0v) is 14.0. The zero-order chi connectivity index (χ0) is 16.4. The van der Waals surface area contributed by atoms with Gasteiger partial charge < -0.3 is 19.6 Å². The molecule has 5 nitrogen and oxygen atoms in total. The molecule has 0 saturated carbocycles. The first kappa shape index (κ1) is 16.3. The number of aryl methyl sites for hydroxylation is 1. The molecule has 0 spiro atoms. The molecule has 2 aliphatic heterocycles. The summed E-state index contributed by atoms with van der Waals surface area (Å²) in [5, 5.41) is 10.1. The number of carbonyl (C=O) groups is 1. The van der Waals surface area contributed by atoms with Crippen molar-refractivity contribution in [2.45, 2.75) is 38.3 Å². The van der Waals surface area contributed by atoms with Crippen LogP contribution in [0.25, 0.3) is 0 Å². The number of benzene rings is 1. The molecule has 3 rings (SSSR count). The summed E-state index contributed by atoms with van der Waals surface area (Å²) in [7, 11) is 1.70. The fraction of sp³-hybridized carbons (Fsp3) is 0.611. The van der Waals surface area contributed by atoms with Gasteiger partial charge in [-0.2, -0.15) is 0 Å². The number of nitrogens with zero attached hydrogens (tertiary/aromatic N) is 2. The molecule has 1 aromatic rings. The summed E-state index contributed by atoms with van der Waals surface area (Å²) in [4.78, 5) is 17.3. The highest BCUT2D eigenvalue weighted by atomic mass is 16.5. The number of ether oxygens (including phenoxy) is 1. The van der Waals surface area contributed by atoms with E-state index < -0.39 is 0 Å². The number of hydrogen-bond acceptors (Lipinski definition) is 4. The van der Waals surface area contributed by atoms with Gasteiger partial charge in [0.15, 0.2) is 0 Å². The highest BCUT2D eigenvalue weighted by Crippen LogP contribution is 2.27. The van der Waals surface area contributed by atoms with E-state index in [-0.39, 0.29) is 23.8 Å². The Morgan fingerprint density at radius 3 is 2.78 bits per heavy atom. The second kappa shape index (κ2) is 6.89. The largest absolute Gasteiger partial charge is 0.507 e. The van der Waals surface area contributed by atoms with Crippen LogP contribution in [0.3, 0.4) is 0 Å². The predicted molar refractivity (Wildman–Crippen MR) is 88.8 cm³/mol. The van der Waals surface area contributed by atoms with Crippen molar-refractivity contribution in [3.63, 3.8) is 0 Å². The Hall–Kier alpha value is -1.59. The summed E-state index contributed by atoms with van der Waals surface area (Å²) < 4.78 is 5.50. The Balaban J connectivity index is 1.79. The molecule has 0 bridgehead atoms. The van der Waals surface area contributed by atoms with E-state index in [0.717, 1.165) is 31.6 Å². The number of phenolic OH excluding ortho intramolecular Hbond substituents is 1. The zero-order valence-electron chi connectivity index (χ0n) is 14.0. The van der Waals surface area contributed by atoms with Crippen LogP contribution in [-0.4, -0.2) is 66.2 Å². The number of likely N-dealkylation sites (tertiary alicyclic amines) is 2. The first-order chi connectivity index (χ1) is 11.1. The van der Waals surface area contributed by atoms with E-state index in [1.165, 1.54) is 12.8 Å². The van der Waals surface area contributed by atoms with Gasteiger partial charge in [-0.05, 0) is 51.4 Å². The van der Waals surface area contributed by atoms with Crippen molar-refractivity contribution in [3.8, 4) is 5.75 Å². The minimum absolute atomic E-state index is 0.0568. The van der Waals surface area contributed by atoms with Gasteiger partial charge in [0.25, 0.3) is 5.91 Å². The Morgan fingerprint density at radius 2 is 2.09 bits per heavy atom. The number of rotatable bonds is 4. The molecule has 2 saturated heterocycles. The normalized spacial score (nSPS) is 25.2. The van der Waals surface area contributed by atoms with Crippen LogP contribution in [0.5, 0.6) is 5.75 Å². The number of carbonyl (C=O) groups excluding carboxylic acids is 1. The Bertz CT molecular complexity index is 569. The van der Waals surface area contributed by atoms with E-state index in [0.29, 0.717) is 12.1 Å². The summed E-state index contributed by atoms with van der Waals surface area (Å²) in [6.45, 7) is 5.66. The molecule has 23 heavy (non-hydrogen) atoms. The third-order valence-corrected chi connectivity index (χ3v) is 5.02. The Kier molecular flexibility index (Phi) is 4.87. The predicted octanol–water partition coefficient (Wildman–Crippen LogP) is 2.03. The van der Waals surface area contributed by atoms with Crippen LogP contribution in [0.4, 0.5) is 0 Å². The van der Waals surface area contributed by atoms with Gasteiger partial charge in [0.05, 0.1) is 11.7 Å². The monoisotopic (exact) mass is 318 g/mol. The summed E-state index contributed by atoms with van der Waals surface area (Å²) in [5.74, 6) is -0.0312. The summed E-state index contributed by atoms with van der Waals surface area (Å²) in [6, 6.07) is 5.34. The molecular weight excluding hydrogens is 292 g/mol. The van der Waals surface area contributed by atoms with Crippen molar-refractivity contribution in [3.05, 3.63) is 29.3 Å². The van der Waals surface area contributed by atoms with Crippen molar-refractivity contribution in [1.29, 1.82) is 0 Å².